The van der Waals surface area contributed by atoms with Crippen molar-refractivity contribution >= 4 is 0 Å². The van der Waals surface area contributed by atoms with Gasteiger partial charge in [0.1, 0.15) is 0 Å². The van der Waals surface area contributed by atoms with E-state index in [4.69, 9.17) is 6.42 Å². The van der Waals surface area contributed by atoms with Crippen LogP contribution in [-0.2, 0) is 6.42 Å². The highest BCUT2D eigenvalue weighted by Crippen LogP contribution is 2.43. The lowest BCUT2D eigenvalue weighted by Crippen LogP contribution is -2.10. The molecule has 1 aliphatic rings. The summed E-state index contributed by atoms with van der Waals surface area (Å²) in [6.45, 7) is 6.49. The third-order valence-electron chi connectivity index (χ3n) is 3.81. The van der Waals surface area contributed by atoms with E-state index in [2.05, 4.69) is 43.7 Å². The molecular formula is C17H20. The molecule has 0 saturated carbocycles. The van der Waals surface area contributed by atoms with Crippen molar-refractivity contribution in [3.63, 3.8) is 0 Å². The van der Waals surface area contributed by atoms with Crippen LogP contribution in [0.25, 0.3) is 0 Å². The number of fused-ring (bicyclic) bond motifs is 1. The highest BCUT2D eigenvalue weighted by molar-refractivity contribution is 5.39. The second kappa shape index (κ2) is 5.23. The predicted molar refractivity (Wildman–Crippen MR) is 73.9 cm³/mol. The summed E-state index contributed by atoms with van der Waals surface area (Å²) in [4.78, 5) is 0. The maximum absolute atomic E-state index is 5.52. The first kappa shape index (κ1) is 12.0. The number of benzene rings is 1. The first-order valence-electron chi connectivity index (χ1n) is 6.46. The van der Waals surface area contributed by atoms with Crippen LogP contribution in [0.4, 0.5) is 0 Å². The topological polar surface area (TPSA) is 0 Å². The van der Waals surface area contributed by atoms with Crippen LogP contribution in [-0.4, -0.2) is 0 Å². The van der Waals surface area contributed by atoms with Gasteiger partial charge in [0.25, 0.3) is 0 Å². The molecule has 0 N–H and O–H groups in total. The predicted octanol–water partition coefficient (Wildman–Crippen LogP) is 4.32. The highest BCUT2D eigenvalue weighted by Gasteiger charge is 2.32. The molecule has 0 aliphatic heterocycles. The number of terminal acetylenes is 1. The van der Waals surface area contributed by atoms with Gasteiger partial charge in [-0.15, -0.1) is 12.3 Å². The van der Waals surface area contributed by atoms with Gasteiger partial charge in [-0.25, -0.2) is 0 Å². The van der Waals surface area contributed by atoms with Gasteiger partial charge in [0.15, 0.2) is 0 Å². The zero-order valence-corrected chi connectivity index (χ0v) is 10.6. The summed E-state index contributed by atoms with van der Waals surface area (Å²) in [7, 11) is 0. The van der Waals surface area contributed by atoms with E-state index >= 15 is 0 Å². The third kappa shape index (κ3) is 2.29. The van der Waals surface area contributed by atoms with Crippen LogP contribution in [0, 0.1) is 18.3 Å². The lowest BCUT2D eigenvalue weighted by Gasteiger charge is -2.20. The van der Waals surface area contributed by atoms with Gasteiger partial charge in [-0.05, 0) is 29.9 Å². The van der Waals surface area contributed by atoms with Crippen LogP contribution in [0.3, 0.4) is 0 Å². The fraction of sp³-hybridized carbons (Fsp3) is 0.412. The van der Waals surface area contributed by atoms with E-state index in [9.17, 15) is 0 Å². The molecule has 0 aromatic heterocycles. The van der Waals surface area contributed by atoms with Gasteiger partial charge >= 0.3 is 0 Å². The Morgan fingerprint density at radius 2 is 2.24 bits per heavy atom. The Balaban J connectivity index is 2.27. The van der Waals surface area contributed by atoms with Gasteiger partial charge in [-0.3, -0.25) is 0 Å². The summed E-state index contributed by atoms with van der Waals surface area (Å²) in [5.74, 6) is 3.89. The van der Waals surface area contributed by atoms with Crippen LogP contribution in [0.5, 0.6) is 0 Å². The minimum Gasteiger partial charge on any atom is -0.120 e. The molecule has 0 heterocycles. The molecular weight excluding hydrogens is 204 g/mol. The van der Waals surface area contributed by atoms with Crippen molar-refractivity contribution in [2.75, 3.05) is 0 Å². The van der Waals surface area contributed by atoms with Crippen molar-refractivity contribution in [1.29, 1.82) is 0 Å². The van der Waals surface area contributed by atoms with Crippen LogP contribution in [0.2, 0.25) is 0 Å². The SMILES string of the molecule is C#CCC1c2ccccc2CC1C(=C)CCC. The Bertz CT molecular complexity index is 447. The van der Waals surface area contributed by atoms with E-state index in [-0.39, 0.29) is 0 Å². The Morgan fingerprint density at radius 1 is 1.47 bits per heavy atom. The molecule has 2 unspecified atom stereocenters. The van der Waals surface area contributed by atoms with Crippen molar-refractivity contribution in [1.82, 2.24) is 0 Å². The second-order valence-corrected chi connectivity index (χ2v) is 4.93. The standard InChI is InChI=1S/C17H20/c1-4-8-13(3)17-12-14-10-6-7-11-15(14)16(17)9-5-2/h2,6-7,10-11,16-17H,3-4,8-9,12H2,1H3. The Kier molecular flexibility index (Phi) is 3.69. The molecule has 0 spiro atoms. The summed E-state index contributed by atoms with van der Waals surface area (Å²) in [6, 6.07) is 8.71. The van der Waals surface area contributed by atoms with E-state index in [1.807, 2.05) is 0 Å². The quantitative estimate of drug-likeness (QED) is 0.527. The number of hydrogen-bond donors (Lipinski definition) is 0. The zero-order chi connectivity index (χ0) is 12.3. The summed E-state index contributed by atoms with van der Waals surface area (Å²) in [5.41, 5.74) is 4.30. The lowest BCUT2D eigenvalue weighted by molar-refractivity contribution is 0.515. The summed E-state index contributed by atoms with van der Waals surface area (Å²) >= 11 is 0. The molecule has 1 aliphatic carbocycles. The van der Waals surface area contributed by atoms with Gasteiger partial charge < -0.3 is 0 Å². The molecule has 0 nitrogen and oxygen atoms in total. The molecule has 17 heavy (non-hydrogen) atoms. The van der Waals surface area contributed by atoms with Gasteiger partial charge in [-0.2, -0.15) is 0 Å². The fourth-order valence-corrected chi connectivity index (χ4v) is 2.99. The number of rotatable bonds is 4. The minimum absolute atomic E-state index is 0.496. The molecule has 2 rings (SSSR count). The molecule has 0 bridgehead atoms. The van der Waals surface area contributed by atoms with E-state index < -0.39 is 0 Å². The Labute approximate surface area is 105 Å². The van der Waals surface area contributed by atoms with Crippen molar-refractivity contribution < 1.29 is 0 Å². The number of allylic oxidation sites excluding steroid dienone is 1. The fourth-order valence-electron chi connectivity index (χ4n) is 2.99. The van der Waals surface area contributed by atoms with Crippen molar-refractivity contribution in [2.24, 2.45) is 5.92 Å². The van der Waals surface area contributed by atoms with Gasteiger partial charge in [-0.1, -0.05) is 49.8 Å². The van der Waals surface area contributed by atoms with Crippen molar-refractivity contribution in [2.45, 2.75) is 38.5 Å². The van der Waals surface area contributed by atoms with Gasteiger partial charge in [0.05, 0.1) is 0 Å². The second-order valence-electron chi connectivity index (χ2n) is 4.93. The summed E-state index contributed by atoms with van der Waals surface area (Å²) < 4.78 is 0. The lowest BCUT2D eigenvalue weighted by atomic mass is 9.83. The van der Waals surface area contributed by atoms with E-state index in [0.29, 0.717) is 11.8 Å². The van der Waals surface area contributed by atoms with E-state index in [0.717, 1.165) is 19.3 Å². The molecule has 0 heteroatoms. The van der Waals surface area contributed by atoms with Crippen LogP contribution < -0.4 is 0 Å². The third-order valence-corrected chi connectivity index (χ3v) is 3.81. The molecule has 88 valence electrons. The number of hydrogen-bond acceptors (Lipinski definition) is 0. The van der Waals surface area contributed by atoms with Crippen molar-refractivity contribution in [3.05, 3.63) is 47.5 Å². The van der Waals surface area contributed by atoms with Crippen LogP contribution >= 0.6 is 0 Å². The first-order valence-corrected chi connectivity index (χ1v) is 6.46. The maximum atomic E-state index is 5.52. The highest BCUT2D eigenvalue weighted by atomic mass is 14.4. The maximum Gasteiger partial charge on any atom is 0.0161 e. The van der Waals surface area contributed by atoms with Crippen LogP contribution in [0.1, 0.15) is 43.2 Å². The Morgan fingerprint density at radius 3 is 2.94 bits per heavy atom. The van der Waals surface area contributed by atoms with Crippen molar-refractivity contribution in [3.8, 4) is 12.3 Å². The van der Waals surface area contributed by atoms with Gasteiger partial charge in [0, 0.05) is 12.3 Å². The monoisotopic (exact) mass is 224 g/mol. The zero-order valence-electron chi connectivity index (χ0n) is 10.6. The van der Waals surface area contributed by atoms with Crippen LogP contribution in [0.15, 0.2) is 36.4 Å². The summed E-state index contributed by atoms with van der Waals surface area (Å²) in [5, 5.41) is 0. The smallest absolute Gasteiger partial charge is 0.0161 e. The molecule has 0 saturated heterocycles. The minimum atomic E-state index is 0.496. The average Bonchev–Trinajstić information content (AvgIpc) is 2.70. The molecule has 0 radical (unpaired) electrons. The van der Waals surface area contributed by atoms with E-state index in [1.54, 1.807) is 0 Å². The molecule has 1 aromatic rings. The molecule has 1 aromatic carbocycles. The normalized spacial score (nSPS) is 21.9. The molecule has 0 amide bonds. The first-order chi connectivity index (χ1) is 8.27. The summed E-state index contributed by atoms with van der Waals surface area (Å²) in [6.07, 6.45) is 9.79. The molecule has 2 atom stereocenters. The average molecular weight is 224 g/mol. The van der Waals surface area contributed by atoms with E-state index in [1.165, 1.54) is 23.1 Å². The Hall–Kier alpha value is -1.48. The molecule has 0 fully saturated rings. The largest absolute Gasteiger partial charge is 0.120 e. The van der Waals surface area contributed by atoms with Gasteiger partial charge in [0.2, 0.25) is 0 Å².